The topological polar surface area (TPSA) is 12.9 Å². The molecule has 1 aromatic carbocycles. The van der Waals surface area contributed by atoms with Gasteiger partial charge in [0, 0.05) is 11.8 Å². The van der Waals surface area contributed by atoms with Gasteiger partial charge in [-0.15, -0.1) is 0 Å². The Hall–Kier alpha value is -1.63. The summed E-state index contributed by atoms with van der Waals surface area (Å²) in [6.45, 7) is 4.58. The van der Waals surface area contributed by atoms with E-state index in [9.17, 15) is 0 Å². The van der Waals surface area contributed by atoms with E-state index in [-0.39, 0.29) is 0 Å². The quantitative estimate of drug-likeness (QED) is 0.270. The molecule has 1 aliphatic rings. The lowest BCUT2D eigenvalue weighted by Crippen LogP contribution is -2.13. The average Bonchev–Trinajstić information content (AvgIpc) is 2.85. The van der Waals surface area contributed by atoms with Crippen molar-refractivity contribution in [2.75, 3.05) is 0 Å². The van der Waals surface area contributed by atoms with E-state index < -0.39 is 0 Å². The first-order chi connectivity index (χ1) is 15.8. The molecule has 3 rings (SSSR count). The van der Waals surface area contributed by atoms with E-state index in [0.717, 1.165) is 24.0 Å². The first kappa shape index (κ1) is 25.0. The third-order valence-corrected chi connectivity index (χ3v) is 7.63. The third-order valence-electron chi connectivity index (χ3n) is 7.63. The predicted octanol–water partition coefficient (Wildman–Crippen LogP) is 9.90. The fraction of sp³-hybridized carbons (Fsp3) is 0.645. The summed E-state index contributed by atoms with van der Waals surface area (Å²) >= 11 is 0. The predicted molar refractivity (Wildman–Crippen MR) is 140 cm³/mol. The molecule has 0 radical (unpaired) electrons. The van der Waals surface area contributed by atoms with Crippen molar-refractivity contribution >= 4 is 0 Å². The van der Waals surface area contributed by atoms with Gasteiger partial charge in [-0.05, 0) is 67.6 Å². The second kappa shape index (κ2) is 14.5. The minimum absolute atomic E-state index is 0.767. The number of pyridine rings is 1. The highest BCUT2D eigenvalue weighted by Crippen LogP contribution is 2.38. The van der Waals surface area contributed by atoms with Crippen molar-refractivity contribution in [3.63, 3.8) is 0 Å². The highest BCUT2D eigenvalue weighted by molar-refractivity contribution is 5.59. The van der Waals surface area contributed by atoms with Crippen LogP contribution in [0.15, 0.2) is 42.6 Å². The Morgan fingerprint density at radius 3 is 1.97 bits per heavy atom. The van der Waals surface area contributed by atoms with Crippen LogP contribution in [0.1, 0.15) is 127 Å². The fourth-order valence-corrected chi connectivity index (χ4v) is 5.42. The van der Waals surface area contributed by atoms with Crippen molar-refractivity contribution in [1.82, 2.24) is 4.98 Å². The van der Waals surface area contributed by atoms with E-state index in [1.165, 1.54) is 107 Å². The SMILES string of the molecule is CCCCCCCc1ccc(-c2ccc(C3CCC(CCCCCCC)CC3)cc2)nc1. The largest absolute Gasteiger partial charge is 0.256 e. The summed E-state index contributed by atoms with van der Waals surface area (Å²) in [6.07, 6.45) is 24.1. The Bertz CT molecular complexity index is 722. The summed E-state index contributed by atoms with van der Waals surface area (Å²) in [5.74, 6) is 1.75. The Kier molecular flexibility index (Phi) is 11.3. The summed E-state index contributed by atoms with van der Waals surface area (Å²) in [4.78, 5) is 4.76. The molecule has 1 heterocycles. The number of benzene rings is 1. The van der Waals surface area contributed by atoms with Gasteiger partial charge < -0.3 is 0 Å². The number of nitrogens with zero attached hydrogens (tertiary/aromatic N) is 1. The van der Waals surface area contributed by atoms with Gasteiger partial charge in [0.25, 0.3) is 0 Å². The smallest absolute Gasteiger partial charge is 0.0702 e. The van der Waals surface area contributed by atoms with Gasteiger partial charge in [-0.3, -0.25) is 4.98 Å². The highest BCUT2D eigenvalue weighted by atomic mass is 14.7. The minimum atomic E-state index is 0.767. The van der Waals surface area contributed by atoms with Crippen LogP contribution in [0.3, 0.4) is 0 Å². The molecule has 1 saturated carbocycles. The first-order valence-electron chi connectivity index (χ1n) is 13.9. The Labute approximate surface area is 198 Å². The first-order valence-corrected chi connectivity index (χ1v) is 13.9. The van der Waals surface area contributed by atoms with Crippen molar-refractivity contribution in [2.24, 2.45) is 5.92 Å². The molecule has 0 bridgehead atoms. The lowest BCUT2D eigenvalue weighted by Gasteiger charge is -2.29. The van der Waals surface area contributed by atoms with E-state index in [0.29, 0.717) is 0 Å². The van der Waals surface area contributed by atoms with Gasteiger partial charge in [0.1, 0.15) is 0 Å². The Morgan fingerprint density at radius 2 is 1.34 bits per heavy atom. The van der Waals surface area contributed by atoms with Crippen LogP contribution in [0.5, 0.6) is 0 Å². The molecule has 1 aromatic heterocycles. The zero-order valence-electron chi connectivity index (χ0n) is 21.0. The van der Waals surface area contributed by atoms with Crippen LogP contribution in [-0.2, 0) is 6.42 Å². The van der Waals surface area contributed by atoms with Gasteiger partial charge >= 0.3 is 0 Å². The monoisotopic (exact) mass is 433 g/mol. The summed E-state index contributed by atoms with van der Waals surface area (Å²) in [5, 5.41) is 0. The van der Waals surface area contributed by atoms with Crippen molar-refractivity contribution in [1.29, 1.82) is 0 Å². The molecule has 176 valence electrons. The van der Waals surface area contributed by atoms with Gasteiger partial charge in [0.15, 0.2) is 0 Å². The molecule has 0 spiro atoms. The molecule has 2 aromatic rings. The summed E-state index contributed by atoms with van der Waals surface area (Å²) in [7, 11) is 0. The fourth-order valence-electron chi connectivity index (χ4n) is 5.42. The number of unbranched alkanes of at least 4 members (excludes halogenated alkanes) is 8. The molecule has 1 fully saturated rings. The lowest BCUT2D eigenvalue weighted by molar-refractivity contribution is 0.302. The van der Waals surface area contributed by atoms with Crippen LogP contribution >= 0.6 is 0 Å². The molecule has 32 heavy (non-hydrogen) atoms. The number of rotatable bonds is 14. The normalized spacial score (nSPS) is 18.7. The number of aryl methyl sites for hydroxylation is 1. The average molecular weight is 434 g/mol. The zero-order valence-corrected chi connectivity index (χ0v) is 21.0. The summed E-state index contributed by atoms with van der Waals surface area (Å²) in [5.41, 5.74) is 5.28. The lowest BCUT2D eigenvalue weighted by atomic mass is 9.77. The Morgan fingerprint density at radius 1 is 0.688 bits per heavy atom. The second-order valence-corrected chi connectivity index (χ2v) is 10.3. The van der Waals surface area contributed by atoms with Crippen molar-refractivity contribution in [3.8, 4) is 11.3 Å². The second-order valence-electron chi connectivity index (χ2n) is 10.3. The maximum atomic E-state index is 4.76. The number of hydrogen-bond acceptors (Lipinski definition) is 1. The van der Waals surface area contributed by atoms with Crippen LogP contribution in [0.25, 0.3) is 11.3 Å². The molecular formula is C31H47N. The third kappa shape index (κ3) is 8.38. The van der Waals surface area contributed by atoms with Gasteiger partial charge in [-0.2, -0.15) is 0 Å². The molecule has 1 heteroatoms. The van der Waals surface area contributed by atoms with Crippen LogP contribution in [0.4, 0.5) is 0 Å². The molecule has 0 atom stereocenters. The van der Waals surface area contributed by atoms with E-state index in [1.807, 2.05) is 0 Å². The van der Waals surface area contributed by atoms with Crippen molar-refractivity contribution in [2.45, 2.75) is 122 Å². The van der Waals surface area contributed by atoms with E-state index >= 15 is 0 Å². The van der Waals surface area contributed by atoms with Gasteiger partial charge in [0.05, 0.1) is 5.69 Å². The molecule has 0 amide bonds. The maximum absolute atomic E-state index is 4.76. The maximum Gasteiger partial charge on any atom is 0.0702 e. The number of aromatic nitrogens is 1. The van der Waals surface area contributed by atoms with Crippen LogP contribution in [-0.4, -0.2) is 4.98 Å². The van der Waals surface area contributed by atoms with Crippen molar-refractivity contribution in [3.05, 3.63) is 53.7 Å². The van der Waals surface area contributed by atoms with Crippen LogP contribution in [0, 0.1) is 5.92 Å². The van der Waals surface area contributed by atoms with Crippen molar-refractivity contribution < 1.29 is 0 Å². The molecule has 1 aliphatic carbocycles. The molecular weight excluding hydrogens is 386 g/mol. The van der Waals surface area contributed by atoms with E-state index in [1.54, 1.807) is 5.56 Å². The van der Waals surface area contributed by atoms with Gasteiger partial charge in [-0.25, -0.2) is 0 Å². The minimum Gasteiger partial charge on any atom is -0.256 e. The standard InChI is InChI=1S/C31H47N/c1-3-5-7-9-11-13-26-15-18-28(19-16-26)29-20-22-30(23-21-29)31-24-17-27(25-32-31)14-12-10-8-6-4-2/h17,20-26,28H,3-16,18-19H2,1-2H3. The number of hydrogen-bond donors (Lipinski definition) is 0. The molecule has 0 unspecified atom stereocenters. The molecule has 0 aliphatic heterocycles. The zero-order chi connectivity index (χ0) is 22.4. The molecule has 0 N–H and O–H groups in total. The molecule has 0 saturated heterocycles. The van der Waals surface area contributed by atoms with Crippen LogP contribution in [0.2, 0.25) is 0 Å². The van der Waals surface area contributed by atoms with E-state index in [4.69, 9.17) is 4.98 Å². The van der Waals surface area contributed by atoms with Gasteiger partial charge in [0.2, 0.25) is 0 Å². The highest BCUT2D eigenvalue weighted by Gasteiger charge is 2.22. The van der Waals surface area contributed by atoms with E-state index in [2.05, 4.69) is 56.4 Å². The summed E-state index contributed by atoms with van der Waals surface area (Å²) < 4.78 is 0. The summed E-state index contributed by atoms with van der Waals surface area (Å²) in [6, 6.07) is 13.8. The Balaban J connectivity index is 1.41. The van der Waals surface area contributed by atoms with Gasteiger partial charge in [-0.1, -0.05) is 108 Å². The van der Waals surface area contributed by atoms with Crippen LogP contribution < -0.4 is 0 Å². The molecule has 1 nitrogen and oxygen atoms in total.